The van der Waals surface area contributed by atoms with Crippen molar-refractivity contribution in [3.8, 4) is 11.6 Å². The van der Waals surface area contributed by atoms with E-state index < -0.39 is 0 Å². The lowest BCUT2D eigenvalue weighted by Gasteiger charge is -2.05. The maximum absolute atomic E-state index is 5.82. The summed E-state index contributed by atoms with van der Waals surface area (Å²) in [5, 5.41) is 3.38. The Morgan fingerprint density at radius 2 is 2.31 bits per heavy atom. The van der Waals surface area contributed by atoms with Crippen LogP contribution in [0.3, 0.4) is 0 Å². The SMILES string of the molecule is CCc1snc2c1CNc1ccccc1O2. The zero-order valence-electron chi connectivity index (χ0n) is 8.99. The third-order valence-corrected chi connectivity index (χ3v) is 3.72. The molecular weight excluding hydrogens is 220 g/mol. The van der Waals surface area contributed by atoms with E-state index in [9.17, 15) is 0 Å². The number of nitrogens with zero attached hydrogens (tertiary/aromatic N) is 1. The Balaban J connectivity index is 2.05. The molecular formula is C12H12N2OS. The highest BCUT2D eigenvalue weighted by molar-refractivity contribution is 7.06. The lowest BCUT2D eigenvalue weighted by Crippen LogP contribution is -1.98. The second kappa shape index (κ2) is 3.79. The summed E-state index contributed by atoms with van der Waals surface area (Å²) in [5.41, 5.74) is 2.23. The van der Waals surface area contributed by atoms with Crippen molar-refractivity contribution in [2.45, 2.75) is 19.9 Å². The quantitative estimate of drug-likeness (QED) is 0.818. The van der Waals surface area contributed by atoms with E-state index in [1.807, 2.05) is 24.3 Å². The summed E-state index contributed by atoms with van der Waals surface area (Å²) in [6.07, 6.45) is 1.01. The molecule has 16 heavy (non-hydrogen) atoms. The van der Waals surface area contributed by atoms with E-state index in [2.05, 4.69) is 16.6 Å². The first-order valence-electron chi connectivity index (χ1n) is 5.36. The van der Waals surface area contributed by atoms with Crippen molar-refractivity contribution in [1.29, 1.82) is 0 Å². The lowest BCUT2D eigenvalue weighted by atomic mass is 10.2. The van der Waals surface area contributed by atoms with Crippen molar-refractivity contribution in [1.82, 2.24) is 4.37 Å². The fraction of sp³-hybridized carbons (Fsp3) is 0.250. The molecule has 0 atom stereocenters. The molecule has 0 spiro atoms. The maximum Gasteiger partial charge on any atom is 0.236 e. The molecule has 1 aromatic carbocycles. The van der Waals surface area contributed by atoms with Gasteiger partial charge in [0, 0.05) is 17.0 Å². The minimum atomic E-state index is 0.763. The zero-order chi connectivity index (χ0) is 11.0. The molecule has 0 amide bonds. The predicted molar refractivity (Wildman–Crippen MR) is 65.3 cm³/mol. The first kappa shape index (κ1) is 9.66. The van der Waals surface area contributed by atoms with Gasteiger partial charge in [0.05, 0.1) is 5.69 Å². The number of aromatic nitrogens is 1. The van der Waals surface area contributed by atoms with Crippen LogP contribution in [0.4, 0.5) is 5.69 Å². The minimum Gasteiger partial charge on any atom is -0.436 e. The molecule has 3 rings (SSSR count). The Morgan fingerprint density at radius 3 is 3.19 bits per heavy atom. The Labute approximate surface area is 98.2 Å². The second-order valence-corrected chi connectivity index (χ2v) is 4.55. The van der Waals surface area contributed by atoms with E-state index in [4.69, 9.17) is 4.74 Å². The number of nitrogens with one attached hydrogen (secondary N) is 1. The molecule has 0 unspecified atom stereocenters. The molecule has 82 valence electrons. The summed E-state index contributed by atoms with van der Waals surface area (Å²) in [6, 6.07) is 7.96. The van der Waals surface area contributed by atoms with Gasteiger partial charge in [0.25, 0.3) is 0 Å². The lowest BCUT2D eigenvalue weighted by molar-refractivity contribution is 0.469. The van der Waals surface area contributed by atoms with Gasteiger partial charge in [0.1, 0.15) is 0 Å². The minimum absolute atomic E-state index is 0.763. The summed E-state index contributed by atoms with van der Waals surface area (Å²) in [6.45, 7) is 2.94. The molecule has 0 bridgehead atoms. The molecule has 1 aromatic heterocycles. The largest absolute Gasteiger partial charge is 0.436 e. The van der Waals surface area contributed by atoms with Crippen LogP contribution in [-0.2, 0) is 13.0 Å². The van der Waals surface area contributed by atoms with E-state index in [0.717, 1.165) is 30.3 Å². The highest BCUT2D eigenvalue weighted by Crippen LogP contribution is 2.37. The molecule has 0 saturated heterocycles. The number of benzene rings is 1. The predicted octanol–water partition coefficient (Wildman–Crippen LogP) is 3.42. The van der Waals surface area contributed by atoms with Crippen LogP contribution in [0.1, 0.15) is 17.4 Å². The summed E-state index contributed by atoms with van der Waals surface area (Å²) >= 11 is 1.53. The number of fused-ring (bicyclic) bond motifs is 2. The molecule has 1 aliphatic heterocycles. The van der Waals surface area contributed by atoms with E-state index in [1.165, 1.54) is 22.0 Å². The average Bonchev–Trinajstić information content (AvgIpc) is 2.61. The van der Waals surface area contributed by atoms with Gasteiger partial charge in [-0.05, 0) is 30.1 Å². The number of anilines is 1. The third-order valence-electron chi connectivity index (χ3n) is 2.70. The van der Waals surface area contributed by atoms with Crippen molar-refractivity contribution >= 4 is 17.2 Å². The van der Waals surface area contributed by atoms with Crippen LogP contribution in [-0.4, -0.2) is 4.37 Å². The van der Waals surface area contributed by atoms with Gasteiger partial charge >= 0.3 is 0 Å². The molecule has 0 fully saturated rings. The van der Waals surface area contributed by atoms with Crippen molar-refractivity contribution in [2.24, 2.45) is 0 Å². The number of hydrogen-bond acceptors (Lipinski definition) is 4. The van der Waals surface area contributed by atoms with E-state index in [0.29, 0.717) is 0 Å². The molecule has 0 saturated carbocycles. The topological polar surface area (TPSA) is 34.2 Å². The van der Waals surface area contributed by atoms with Gasteiger partial charge < -0.3 is 10.1 Å². The van der Waals surface area contributed by atoms with E-state index in [1.54, 1.807) is 0 Å². The maximum atomic E-state index is 5.82. The molecule has 2 aromatic rings. The van der Waals surface area contributed by atoms with Crippen LogP contribution in [0.2, 0.25) is 0 Å². The van der Waals surface area contributed by atoms with Crippen LogP contribution in [0.15, 0.2) is 24.3 Å². The van der Waals surface area contributed by atoms with Gasteiger partial charge in [-0.15, -0.1) is 0 Å². The molecule has 1 N–H and O–H groups in total. The van der Waals surface area contributed by atoms with E-state index in [-0.39, 0.29) is 0 Å². The number of aryl methyl sites for hydroxylation is 1. The molecule has 0 aliphatic carbocycles. The summed E-state index contributed by atoms with van der Waals surface area (Å²) in [5.74, 6) is 1.62. The molecule has 3 nitrogen and oxygen atoms in total. The fourth-order valence-electron chi connectivity index (χ4n) is 1.85. The van der Waals surface area contributed by atoms with Crippen LogP contribution in [0.5, 0.6) is 11.6 Å². The van der Waals surface area contributed by atoms with Crippen LogP contribution in [0, 0.1) is 0 Å². The smallest absolute Gasteiger partial charge is 0.236 e. The summed E-state index contributed by atoms with van der Waals surface area (Å²) in [4.78, 5) is 1.30. The fourth-order valence-corrected chi connectivity index (χ4v) is 2.59. The van der Waals surface area contributed by atoms with Crippen molar-refractivity contribution in [3.63, 3.8) is 0 Å². The van der Waals surface area contributed by atoms with Crippen LogP contribution in [0.25, 0.3) is 0 Å². The normalized spacial score (nSPS) is 13.1. The standard InChI is InChI=1S/C12H12N2OS/c1-2-11-8-7-13-9-5-3-4-6-10(9)15-12(8)14-16-11/h3-6,13H,2,7H2,1H3. The van der Waals surface area contributed by atoms with Crippen LogP contribution >= 0.6 is 11.5 Å². The molecule has 0 radical (unpaired) electrons. The first-order valence-corrected chi connectivity index (χ1v) is 6.14. The molecule has 4 heteroatoms. The van der Waals surface area contributed by atoms with Gasteiger partial charge in [-0.1, -0.05) is 19.1 Å². The van der Waals surface area contributed by atoms with Crippen molar-refractivity contribution < 1.29 is 4.74 Å². The van der Waals surface area contributed by atoms with Gasteiger partial charge in [-0.25, -0.2) is 0 Å². The first-order chi connectivity index (χ1) is 7.88. The monoisotopic (exact) mass is 232 g/mol. The molecule has 2 heterocycles. The third kappa shape index (κ3) is 1.46. The Bertz CT molecular complexity index is 521. The Kier molecular flexibility index (Phi) is 2.29. The average molecular weight is 232 g/mol. The highest BCUT2D eigenvalue weighted by atomic mass is 32.1. The summed E-state index contributed by atoms with van der Waals surface area (Å²) in [7, 11) is 0. The number of ether oxygens (including phenoxy) is 1. The number of rotatable bonds is 1. The second-order valence-electron chi connectivity index (χ2n) is 3.69. The van der Waals surface area contributed by atoms with Gasteiger partial charge in [0.2, 0.25) is 5.88 Å². The van der Waals surface area contributed by atoms with Crippen LogP contribution < -0.4 is 10.1 Å². The highest BCUT2D eigenvalue weighted by Gasteiger charge is 2.19. The van der Waals surface area contributed by atoms with Crippen molar-refractivity contribution in [3.05, 3.63) is 34.7 Å². The van der Waals surface area contributed by atoms with Crippen molar-refractivity contribution in [2.75, 3.05) is 5.32 Å². The van der Waals surface area contributed by atoms with E-state index >= 15 is 0 Å². The Morgan fingerprint density at radius 1 is 1.44 bits per heavy atom. The number of para-hydroxylation sites is 2. The van der Waals surface area contributed by atoms with Gasteiger partial charge in [-0.2, -0.15) is 4.37 Å². The zero-order valence-corrected chi connectivity index (χ0v) is 9.80. The number of hydrogen-bond donors (Lipinski definition) is 1. The van der Waals surface area contributed by atoms with Gasteiger partial charge in [-0.3, -0.25) is 0 Å². The summed E-state index contributed by atoms with van der Waals surface area (Å²) < 4.78 is 10.2. The Hall–Kier alpha value is -1.55. The van der Waals surface area contributed by atoms with Gasteiger partial charge in [0.15, 0.2) is 5.75 Å². The molecule has 1 aliphatic rings.